The molecular formula is C16H20ClN3O. The van der Waals surface area contributed by atoms with Crippen LogP contribution in [0.5, 0.6) is 5.88 Å². The molecule has 0 fully saturated rings. The van der Waals surface area contributed by atoms with Crippen molar-refractivity contribution in [3.05, 3.63) is 52.9 Å². The lowest BCUT2D eigenvalue weighted by Crippen LogP contribution is -2.15. The van der Waals surface area contributed by atoms with Gasteiger partial charge in [-0.05, 0) is 31.2 Å². The van der Waals surface area contributed by atoms with Crippen LogP contribution in [0.1, 0.15) is 24.7 Å². The first-order chi connectivity index (χ1) is 10.3. The molecule has 0 saturated carbocycles. The van der Waals surface area contributed by atoms with E-state index >= 15 is 0 Å². The molecule has 0 aliphatic rings. The molecule has 112 valence electrons. The van der Waals surface area contributed by atoms with Gasteiger partial charge in [-0.25, -0.2) is 4.98 Å². The predicted molar refractivity (Wildman–Crippen MR) is 84.7 cm³/mol. The second-order valence-corrected chi connectivity index (χ2v) is 5.08. The van der Waals surface area contributed by atoms with Gasteiger partial charge in [-0.15, -0.1) is 0 Å². The maximum absolute atomic E-state index is 6.14. The Morgan fingerprint density at radius 2 is 2.14 bits per heavy atom. The van der Waals surface area contributed by atoms with Crippen LogP contribution in [0.4, 0.5) is 0 Å². The highest BCUT2D eigenvalue weighted by Gasteiger charge is 2.05. The average molecular weight is 306 g/mol. The Kier molecular flexibility index (Phi) is 6.44. The van der Waals surface area contributed by atoms with Crippen LogP contribution < -0.4 is 10.1 Å². The molecule has 0 aromatic carbocycles. The number of nitrogens with one attached hydrogen (secondary N) is 1. The number of pyridine rings is 2. The highest BCUT2D eigenvalue weighted by Crippen LogP contribution is 2.18. The first-order valence-corrected chi connectivity index (χ1v) is 7.56. The van der Waals surface area contributed by atoms with Crippen molar-refractivity contribution >= 4 is 11.6 Å². The molecule has 2 heterocycles. The summed E-state index contributed by atoms with van der Waals surface area (Å²) in [5.41, 5.74) is 1.83. The fraction of sp³-hybridized carbons (Fsp3) is 0.375. The summed E-state index contributed by atoms with van der Waals surface area (Å²) in [5.74, 6) is 0.601. The van der Waals surface area contributed by atoms with Crippen LogP contribution in [-0.2, 0) is 13.0 Å². The highest BCUT2D eigenvalue weighted by atomic mass is 35.5. The lowest BCUT2D eigenvalue weighted by Gasteiger charge is -2.09. The molecular weight excluding hydrogens is 286 g/mol. The number of hydrogen-bond acceptors (Lipinski definition) is 4. The van der Waals surface area contributed by atoms with Crippen LogP contribution in [0.25, 0.3) is 0 Å². The zero-order valence-electron chi connectivity index (χ0n) is 12.2. The van der Waals surface area contributed by atoms with Gasteiger partial charge in [-0.1, -0.05) is 24.6 Å². The summed E-state index contributed by atoms with van der Waals surface area (Å²) in [4.78, 5) is 8.70. The topological polar surface area (TPSA) is 47.0 Å². The first kappa shape index (κ1) is 15.7. The Morgan fingerprint density at radius 3 is 2.90 bits per heavy atom. The molecule has 0 amide bonds. The predicted octanol–water partition coefficient (Wildman–Crippen LogP) is 3.25. The molecule has 2 aromatic rings. The SMILES string of the molecule is CCCNCc1nc(OCCc2ccccn2)ccc1Cl. The Labute approximate surface area is 130 Å². The number of ether oxygens (including phenoxy) is 1. The summed E-state index contributed by atoms with van der Waals surface area (Å²) in [7, 11) is 0. The number of nitrogens with zero attached hydrogens (tertiary/aromatic N) is 2. The van der Waals surface area contributed by atoms with E-state index in [0.29, 0.717) is 24.1 Å². The maximum atomic E-state index is 6.14. The van der Waals surface area contributed by atoms with E-state index in [0.717, 1.165) is 30.8 Å². The molecule has 0 radical (unpaired) electrons. The Balaban J connectivity index is 1.86. The molecule has 0 unspecified atom stereocenters. The molecule has 0 saturated heterocycles. The van der Waals surface area contributed by atoms with Crippen molar-refractivity contribution in [1.82, 2.24) is 15.3 Å². The summed E-state index contributed by atoms with van der Waals surface area (Å²) in [6.45, 7) is 4.28. The van der Waals surface area contributed by atoms with Gasteiger partial charge in [-0.3, -0.25) is 4.98 Å². The molecule has 2 aromatic heterocycles. The normalized spacial score (nSPS) is 10.6. The molecule has 5 heteroatoms. The van der Waals surface area contributed by atoms with Gasteiger partial charge < -0.3 is 10.1 Å². The average Bonchev–Trinajstić information content (AvgIpc) is 2.51. The minimum atomic E-state index is 0.549. The summed E-state index contributed by atoms with van der Waals surface area (Å²) < 4.78 is 5.67. The largest absolute Gasteiger partial charge is 0.477 e. The maximum Gasteiger partial charge on any atom is 0.213 e. The van der Waals surface area contributed by atoms with Gasteiger partial charge in [0.1, 0.15) is 0 Å². The van der Waals surface area contributed by atoms with Crippen molar-refractivity contribution in [2.45, 2.75) is 26.3 Å². The van der Waals surface area contributed by atoms with Gasteiger partial charge >= 0.3 is 0 Å². The van der Waals surface area contributed by atoms with Crippen molar-refractivity contribution in [3.63, 3.8) is 0 Å². The molecule has 4 nitrogen and oxygen atoms in total. The van der Waals surface area contributed by atoms with Crippen molar-refractivity contribution in [1.29, 1.82) is 0 Å². The highest BCUT2D eigenvalue weighted by molar-refractivity contribution is 6.31. The number of rotatable bonds is 8. The van der Waals surface area contributed by atoms with E-state index in [1.165, 1.54) is 0 Å². The standard InChI is InChI=1S/C16H20ClN3O/c1-2-9-18-12-15-14(17)6-7-16(20-15)21-11-8-13-5-3-4-10-19-13/h3-7,10,18H,2,8-9,11-12H2,1H3. The summed E-state index contributed by atoms with van der Waals surface area (Å²) >= 11 is 6.14. The van der Waals surface area contributed by atoms with E-state index in [9.17, 15) is 0 Å². The molecule has 0 atom stereocenters. The van der Waals surface area contributed by atoms with E-state index in [1.54, 1.807) is 12.3 Å². The zero-order chi connectivity index (χ0) is 14.9. The molecule has 21 heavy (non-hydrogen) atoms. The molecule has 1 N–H and O–H groups in total. The van der Waals surface area contributed by atoms with Crippen LogP contribution in [0.2, 0.25) is 5.02 Å². The third-order valence-electron chi connectivity index (χ3n) is 2.95. The van der Waals surface area contributed by atoms with Crippen LogP contribution >= 0.6 is 11.6 Å². The summed E-state index contributed by atoms with van der Waals surface area (Å²) in [6.07, 6.45) is 3.62. The van der Waals surface area contributed by atoms with Gasteiger partial charge in [0.2, 0.25) is 5.88 Å². The van der Waals surface area contributed by atoms with Crippen LogP contribution in [0.3, 0.4) is 0 Å². The van der Waals surface area contributed by atoms with Gasteiger partial charge in [0.05, 0.1) is 17.3 Å². The lowest BCUT2D eigenvalue weighted by molar-refractivity contribution is 0.307. The second kappa shape index (κ2) is 8.60. The second-order valence-electron chi connectivity index (χ2n) is 4.67. The summed E-state index contributed by atoms with van der Waals surface area (Å²) in [6, 6.07) is 9.48. The van der Waals surface area contributed by atoms with Crippen molar-refractivity contribution in [3.8, 4) is 5.88 Å². The van der Waals surface area contributed by atoms with Crippen molar-refractivity contribution < 1.29 is 4.74 Å². The van der Waals surface area contributed by atoms with E-state index in [4.69, 9.17) is 16.3 Å². The Bertz CT molecular complexity index is 548. The minimum Gasteiger partial charge on any atom is -0.477 e. The molecule has 0 spiro atoms. The Morgan fingerprint density at radius 1 is 1.24 bits per heavy atom. The van der Waals surface area contributed by atoms with E-state index in [-0.39, 0.29) is 0 Å². The van der Waals surface area contributed by atoms with Crippen LogP contribution in [0, 0.1) is 0 Å². The lowest BCUT2D eigenvalue weighted by atomic mass is 10.3. The van der Waals surface area contributed by atoms with Crippen molar-refractivity contribution in [2.75, 3.05) is 13.2 Å². The summed E-state index contributed by atoms with van der Waals surface area (Å²) in [5, 5.41) is 3.95. The molecule has 0 aliphatic carbocycles. The molecule has 2 rings (SSSR count). The van der Waals surface area contributed by atoms with Crippen molar-refractivity contribution in [2.24, 2.45) is 0 Å². The van der Waals surface area contributed by atoms with Crippen LogP contribution in [-0.4, -0.2) is 23.1 Å². The number of halogens is 1. The van der Waals surface area contributed by atoms with Gasteiger partial charge in [-0.2, -0.15) is 0 Å². The van der Waals surface area contributed by atoms with E-state index in [2.05, 4.69) is 22.2 Å². The fourth-order valence-corrected chi connectivity index (χ4v) is 2.03. The quantitative estimate of drug-likeness (QED) is 0.761. The molecule has 0 aliphatic heterocycles. The van der Waals surface area contributed by atoms with Gasteiger partial charge in [0.25, 0.3) is 0 Å². The first-order valence-electron chi connectivity index (χ1n) is 7.18. The third-order valence-corrected chi connectivity index (χ3v) is 3.29. The number of hydrogen-bond donors (Lipinski definition) is 1. The van der Waals surface area contributed by atoms with E-state index < -0.39 is 0 Å². The van der Waals surface area contributed by atoms with Gasteiger partial charge in [0.15, 0.2) is 0 Å². The van der Waals surface area contributed by atoms with E-state index in [1.807, 2.05) is 24.3 Å². The zero-order valence-corrected chi connectivity index (χ0v) is 12.9. The monoisotopic (exact) mass is 305 g/mol. The number of aromatic nitrogens is 2. The smallest absolute Gasteiger partial charge is 0.213 e. The minimum absolute atomic E-state index is 0.549. The van der Waals surface area contributed by atoms with Gasteiger partial charge in [0, 0.05) is 30.9 Å². The van der Waals surface area contributed by atoms with Crippen LogP contribution in [0.15, 0.2) is 36.5 Å². The fourth-order valence-electron chi connectivity index (χ4n) is 1.86. The Hall–Kier alpha value is -1.65. The third kappa shape index (κ3) is 5.33. The molecule has 0 bridgehead atoms.